The van der Waals surface area contributed by atoms with E-state index in [9.17, 15) is 0 Å². The number of nitrogens with one attached hydrogen (secondary N) is 1. The van der Waals surface area contributed by atoms with Gasteiger partial charge in [-0.2, -0.15) is 0 Å². The SMILES string of the molecule is CC(NCCC1CCCO1)C1(C)CC1. The molecule has 2 atom stereocenters. The molecule has 1 N–H and O–H groups in total. The molecule has 2 fully saturated rings. The molecule has 1 aliphatic carbocycles. The van der Waals surface area contributed by atoms with Crippen LogP contribution in [0.25, 0.3) is 0 Å². The van der Waals surface area contributed by atoms with Crippen molar-refractivity contribution in [2.45, 2.75) is 58.1 Å². The van der Waals surface area contributed by atoms with Gasteiger partial charge in [-0.05, 0) is 51.0 Å². The van der Waals surface area contributed by atoms with Crippen LogP contribution in [0.4, 0.5) is 0 Å². The van der Waals surface area contributed by atoms with Crippen molar-refractivity contribution in [1.82, 2.24) is 5.32 Å². The summed E-state index contributed by atoms with van der Waals surface area (Å²) in [4.78, 5) is 0. The Morgan fingerprint density at radius 1 is 1.50 bits per heavy atom. The summed E-state index contributed by atoms with van der Waals surface area (Å²) in [5, 5.41) is 3.63. The molecular weight excluding hydrogens is 174 g/mol. The fourth-order valence-corrected chi connectivity index (χ4v) is 2.21. The van der Waals surface area contributed by atoms with E-state index in [1.807, 2.05) is 0 Å². The van der Waals surface area contributed by atoms with Gasteiger partial charge in [-0.3, -0.25) is 0 Å². The first kappa shape index (κ1) is 10.4. The third kappa shape index (κ3) is 2.48. The predicted octanol–water partition coefficient (Wildman–Crippen LogP) is 2.33. The van der Waals surface area contributed by atoms with Gasteiger partial charge in [-0.25, -0.2) is 0 Å². The van der Waals surface area contributed by atoms with Gasteiger partial charge in [0.2, 0.25) is 0 Å². The minimum absolute atomic E-state index is 0.543. The lowest BCUT2D eigenvalue weighted by Gasteiger charge is -2.21. The molecular formula is C12H23NO. The Balaban J connectivity index is 1.58. The fraction of sp³-hybridized carbons (Fsp3) is 1.00. The maximum absolute atomic E-state index is 5.60. The summed E-state index contributed by atoms with van der Waals surface area (Å²) < 4.78 is 5.60. The number of hydrogen-bond acceptors (Lipinski definition) is 2. The van der Waals surface area contributed by atoms with E-state index in [0.29, 0.717) is 17.6 Å². The molecule has 82 valence electrons. The highest BCUT2D eigenvalue weighted by Gasteiger charge is 2.42. The first-order valence-corrected chi connectivity index (χ1v) is 6.06. The fourth-order valence-electron chi connectivity index (χ4n) is 2.21. The van der Waals surface area contributed by atoms with Crippen molar-refractivity contribution in [1.29, 1.82) is 0 Å². The van der Waals surface area contributed by atoms with Crippen molar-refractivity contribution >= 4 is 0 Å². The Kier molecular flexibility index (Phi) is 3.13. The van der Waals surface area contributed by atoms with E-state index < -0.39 is 0 Å². The first-order valence-electron chi connectivity index (χ1n) is 6.06. The van der Waals surface area contributed by atoms with E-state index in [1.54, 1.807) is 0 Å². The zero-order chi connectivity index (χ0) is 10.0. The largest absolute Gasteiger partial charge is 0.378 e. The van der Waals surface area contributed by atoms with Gasteiger partial charge in [0.05, 0.1) is 6.10 Å². The molecule has 0 amide bonds. The summed E-state index contributed by atoms with van der Waals surface area (Å²) in [6, 6.07) is 0.684. The standard InChI is InChI=1S/C12H23NO/c1-10(12(2)6-7-12)13-8-5-11-4-3-9-14-11/h10-11,13H,3-9H2,1-2H3. The van der Waals surface area contributed by atoms with E-state index in [2.05, 4.69) is 19.2 Å². The van der Waals surface area contributed by atoms with Gasteiger partial charge in [-0.15, -0.1) is 0 Å². The maximum Gasteiger partial charge on any atom is 0.0588 e. The van der Waals surface area contributed by atoms with E-state index in [0.717, 1.165) is 13.2 Å². The normalized spacial score (nSPS) is 31.7. The van der Waals surface area contributed by atoms with Crippen LogP contribution in [0.5, 0.6) is 0 Å². The Bertz CT molecular complexity index is 183. The number of ether oxygens (including phenoxy) is 1. The highest BCUT2D eigenvalue weighted by Crippen LogP contribution is 2.47. The van der Waals surface area contributed by atoms with Crippen LogP contribution in [0, 0.1) is 5.41 Å². The van der Waals surface area contributed by atoms with Gasteiger partial charge in [0, 0.05) is 12.6 Å². The van der Waals surface area contributed by atoms with Crippen LogP contribution in [-0.2, 0) is 4.74 Å². The molecule has 1 heterocycles. The lowest BCUT2D eigenvalue weighted by molar-refractivity contribution is 0.103. The topological polar surface area (TPSA) is 21.3 Å². The molecule has 0 spiro atoms. The van der Waals surface area contributed by atoms with Crippen molar-refractivity contribution in [3.8, 4) is 0 Å². The first-order chi connectivity index (χ1) is 6.71. The van der Waals surface area contributed by atoms with Gasteiger partial charge in [0.1, 0.15) is 0 Å². The van der Waals surface area contributed by atoms with Crippen LogP contribution in [0.3, 0.4) is 0 Å². The second-order valence-corrected chi connectivity index (χ2v) is 5.25. The molecule has 0 aromatic heterocycles. The van der Waals surface area contributed by atoms with Crippen LogP contribution in [0.1, 0.15) is 46.0 Å². The van der Waals surface area contributed by atoms with Crippen LogP contribution in [0.2, 0.25) is 0 Å². The molecule has 2 nitrogen and oxygen atoms in total. The molecule has 1 aliphatic heterocycles. The van der Waals surface area contributed by atoms with Gasteiger partial charge in [0.15, 0.2) is 0 Å². The second kappa shape index (κ2) is 4.19. The highest BCUT2D eigenvalue weighted by molar-refractivity contribution is 4.96. The lowest BCUT2D eigenvalue weighted by atomic mass is 10.0. The van der Waals surface area contributed by atoms with E-state index in [1.165, 1.54) is 32.1 Å². The average Bonchev–Trinajstić information content (AvgIpc) is 2.73. The van der Waals surface area contributed by atoms with Crippen LogP contribution in [0.15, 0.2) is 0 Å². The quantitative estimate of drug-likeness (QED) is 0.730. The summed E-state index contributed by atoms with van der Waals surface area (Å²) >= 11 is 0. The van der Waals surface area contributed by atoms with Crippen molar-refractivity contribution in [3.63, 3.8) is 0 Å². The molecule has 2 aliphatic rings. The maximum atomic E-state index is 5.60. The minimum Gasteiger partial charge on any atom is -0.378 e. The summed E-state index contributed by atoms with van der Waals surface area (Å²) in [6.45, 7) is 6.82. The zero-order valence-electron chi connectivity index (χ0n) is 9.51. The van der Waals surface area contributed by atoms with Crippen molar-refractivity contribution < 1.29 is 4.74 Å². The summed E-state index contributed by atoms with van der Waals surface area (Å²) in [5.41, 5.74) is 0.608. The van der Waals surface area contributed by atoms with Crippen molar-refractivity contribution in [2.75, 3.05) is 13.2 Å². The molecule has 1 saturated heterocycles. The minimum atomic E-state index is 0.543. The molecule has 14 heavy (non-hydrogen) atoms. The van der Waals surface area contributed by atoms with E-state index >= 15 is 0 Å². The average molecular weight is 197 g/mol. The molecule has 0 aromatic carbocycles. The molecule has 0 bridgehead atoms. The second-order valence-electron chi connectivity index (χ2n) is 5.25. The lowest BCUT2D eigenvalue weighted by Crippen LogP contribution is -2.35. The summed E-state index contributed by atoms with van der Waals surface area (Å²) in [5.74, 6) is 0. The number of rotatable bonds is 5. The van der Waals surface area contributed by atoms with E-state index in [4.69, 9.17) is 4.74 Å². The molecule has 2 heteroatoms. The predicted molar refractivity (Wildman–Crippen MR) is 58.4 cm³/mol. The van der Waals surface area contributed by atoms with Crippen LogP contribution < -0.4 is 5.32 Å². The van der Waals surface area contributed by atoms with Gasteiger partial charge >= 0.3 is 0 Å². The summed E-state index contributed by atoms with van der Waals surface area (Å²) in [7, 11) is 0. The molecule has 2 rings (SSSR count). The molecule has 0 aromatic rings. The molecule has 2 unspecified atom stereocenters. The third-order valence-electron chi connectivity index (χ3n) is 4.02. The zero-order valence-corrected chi connectivity index (χ0v) is 9.51. The summed E-state index contributed by atoms with van der Waals surface area (Å²) in [6.07, 6.45) is 7.08. The number of hydrogen-bond donors (Lipinski definition) is 1. The van der Waals surface area contributed by atoms with Crippen molar-refractivity contribution in [3.05, 3.63) is 0 Å². The third-order valence-corrected chi connectivity index (χ3v) is 4.02. The van der Waals surface area contributed by atoms with Crippen LogP contribution in [-0.4, -0.2) is 25.3 Å². The Morgan fingerprint density at radius 3 is 2.86 bits per heavy atom. The Morgan fingerprint density at radius 2 is 2.29 bits per heavy atom. The highest BCUT2D eigenvalue weighted by atomic mass is 16.5. The smallest absolute Gasteiger partial charge is 0.0588 e. The van der Waals surface area contributed by atoms with E-state index in [-0.39, 0.29) is 0 Å². The van der Waals surface area contributed by atoms with Gasteiger partial charge < -0.3 is 10.1 Å². The molecule has 0 radical (unpaired) electrons. The van der Waals surface area contributed by atoms with Crippen molar-refractivity contribution in [2.24, 2.45) is 5.41 Å². The monoisotopic (exact) mass is 197 g/mol. The van der Waals surface area contributed by atoms with Gasteiger partial charge in [0.25, 0.3) is 0 Å². The van der Waals surface area contributed by atoms with Gasteiger partial charge in [-0.1, -0.05) is 6.92 Å². The van der Waals surface area contributed by atoms with Crippen LogP contribution >= 0.6 is 0 Å². The Labute approximate surface area is 87.4 Å². The molecule has 1 saturated carbocycles. The Hall–Kier alpha value is -0.0800.